The lowest BCUT2D eigenvalue weighted by molar-refractivity contribution is -0.118. The third kappa shape index (κ3) is 5.72. The first-order valence-corrected chi connectivity index (χ1v) is 12.9. The van der Waals surface area contributed by atoms with E-state index in [1.165, 1.54) is 0 Å². The third-order valence-electron chi connectivity index (χ3n) is 6.86. The van der Waals surface area contributed by atoms with Gasteiger partial charge in [-0.25, -0.2) is 4.79 Å². The van der Waals surface area contributed by atoms with Crippen LogP contribution >= 0.6 is 0 Å². The van der Waals surface area contributed by atoms with E-state index in [0.717, 1.165) is 46.5 Å². The van der Waals surface area contributed by atoms with Crippen molar-refractivity contribution in [1.82, 2.24) is 10.3 Å². The van der Waals surface area contributed by atoms with Crippen molar-refractivity contribution in [1.29, 1.82) is 0 Å². The highest BCUT2D eigenvalue weighted by Gasteiger charge is 2.24. The molecule has 1 aromatic heterocycles. The van der Waals surface area contributed by atoms with E-state index in [0.29, 0.717) is 36.5 Å². The van der Waals surface area contributed by atoms with Crippen LogP contribution in [0, 0.1) is 0 Å². The predicted molar refractivity (Wildman–Crippen MR) is 149 cm³/mol. The fourth-order valence-corrected chi connectivity index (χ4v) is 4.82. The lowest BCUT2D eigenvalue weighted by atomic mass is 9.93. The SMILES string of the molecule is CCC1=C(\C(=O)NCc2ccc3c(c2)NC(=O)CO3)c2[nH]cc(NCc3ccc(C(=O)O)cc3)c2CC/C=C\1. The Morgan fingerprint density at radius 3 is 2.64 bits per heavy atom. The number of carboxylic acids is 1. The van der Waals surface area contributed by atoms with Gasteiger partial charge in [0.15, 0.2) is 6.61 Å². The number of aromatic amines is 1. The average molecular weight is 527 g/mol. The van der Waals surface area contributed by atoms with Crippen molar-refractivity contribution in [3.63, 3.8) is 0 Å². The third-order valence-corrected chi connectivity index (χ3v) is 6.86. The van der Waals surface area contributed by atoms with Gasteiger partial charge in [-0.1, -0.05) is 37.3 Å². The van der Waals surface area contributed by atoms with Crippen LogP contribution in [0.15, 0.2) is 66.4 Å². The summed E-state index contributed by atoms with van der Waals surface area (Å²) in [5.41, 5.74) is 6.93. The number of H-pyrrole nitrogens is 1. The van der Waals surface area contributed by atoms with E-state index in [-0.39, 0.29) is 24.0 Å². The molecule has 0 unspecified atom stereocenters. The minimum absolute atomic E-state index is 0.00310. The number of nitrogens with one attached hydrogen (secondary N) is 4. The molecule has 2 aromatic carbocycles. The van der Waals surface area contributed by atoms with Gasteiger partial charge < -0.3 is 30.8 Å². The van der Waals surface area contributed by atoms with Crippen LogP contribution in [0.5, 0.6) is 5.75 Å². The molecule has 5 N–H and O–H groups in total. The average Bonchev–Trinajstić information content (AvgIpc) is 3.31. The van der Waals surface area contributed by atoms with Crippen molar-refractivity contribution in [3.05, 3.63) is 94.3 Å². The highest BCUT2D eigenvalue weighted by atomic mass is 16.5. The number of hydrogen-bond donors (Lipinski definition) is 5. The molecular formula is C30H30N4O5. The first-order chi connectivity index (χ1) is 18.9. The van der Waals surface area contributed by atoms with Crippen LogP contribution in [0.2, 0.25) is 0 Å². The van der Waals surface area contributed by atoms with Crippen LogP contribution in [0.1, 0.15) is 52.5 Å². The predicted octanol–water partition coefficient (Wildman–Crippen LogP) is 4.64. The summed E-state index contributed by atoms with van der Waals surface area (Å²) in [6.07, 6.45) is 8.30. The number of benzene rings is 2. The highest BCUT2D eigenvalue weighted by molar-refractivity contribution is 6.21. The first-order valence-electron chi connectivity index (χ1n) is 12.9. The van der Waals surface area contributed by atoms with E-state index in [1.54, 1.807) is 30.3 Å². The number of aromatic carboxylic acids is 1. The molecule has 0 saturated carbocycles. The standard InChI is InChI=1S/C30H30N4O5/c1-2-20-5-3-4-6-22-24(31-14-18-7-10-21(11-8-18)30(37)38)16-32-28(22)27(20)29(36)33-15-19-9-12-25-23(13-19)34-26(35)17-39-25/h3,5,7-13,16,31-32H,2,4,6,14-15,17H2,1H3,(H,33,36)(H,34,35)(H,37,38)/b5-3-,27-20+. The van der Waals surface area contributed by atoms with Crippen molar-refractivity contribution in [2.24, 2.45) is 0 Å². The molecule has 2 aliphatic rings. The molecule has 1 aliphatic carbocycles. The molecule has 9 nitrogen and oxygen atoms in total. The van der Waals surface area contributed by atoms with E-state index in [9.17, 15) is 14.4 Å². The normalized spacial score (nSPS) is 17.0. The van der Waals surface area contributed by atoms with Crippen LogP contribution in [-0.4, -0.2) is 34.5 Å². The Hall–Kier alpha value is -4.79. The van der Waals surface area contributed by atoms with Gasteiger partial charge in [-0.3, -0.25) is 9.59 Å². The van der Waals surface area contributed by atoms with Crippen molar-refractivity contribution < 1.29 is 24.2 Å². The van der Waals surface area contributed by atoms with E-state index >= 15 is 0 Å². The Morgan fingerprint density at radius 1 is 1.08 bits per heavy atom. The molecule has 0 saturated heterocycles. The molecular weight excluding hydrogens is 496 g/mol. The van der Waals surface area contributed by atoms with E-state index in [2.05, 4.69) is 27.0 Å². The Kier molecular flexibility index (Phi) is 7.49. The summed E-state index contributed by atoms with van der Waals surface area (Å²) in [6.45, 7) is 2.84. The van der Waals surface area contributed by atoms with Crippen LogP contribution in [0.3, 0.4) is 0 Å². The van der Waals surface area contributed by atoms with Crippen LogP contribution in [0.25, 0.3) is 5.57 Å². The van der Waals surface area contributed by atoms with Crippen LogP contribution in [-0.2, 0) is 29.1 Å². The van der Waals surface area contributed by atoms with Crippen molar-refractivity contribution in [2.75, 3.05) is 17.2 Å². The van der Waals surface area contributed by atoms with Gasteiger partial charge >= 0.3 is 5.97 Å². The van der Waals surface area contributed by atoms with Crippen molar-refractivity contribution >= 4 is 34.7 Å². The highest BCUT2D eigenvalue weighted by Crippen LogP contribution is 2.33. The van der Waals surface area contributed by atoms with E-state index < -0.39 is 5.97 Å². The van der Waals surface area contributed by atoms with Gasteiger partial charge in [-0.2, -0.15) is 0 Å². The zero-order chi connectivity index (χ0) is 27.4. The number of rotatable bonds is 8. The minimum Gasteiger partial charge on any atom is -0.482 e. The molecule has 3 aromatic rings. The topological polar surface area (TPSA) is 133 Å². The summed E-state index contributed by atoms with van der Waals surface area (Å²) in [5.74, 6) is -0.731. The largest absolute Gasteiger partial charge is 0.482 e. The van der Waals surface area contributed by atoms with Gasteiger partial charge in [0.05, 0.1) is 28.2 Å². The van der Waals surface area contributed by atoms with E-state index in [1.807, 2.05) is 31.3 Å². The summed E-state index contributed by atoms with van der Waals surface area (Å²) < 4.78 is 5.42. The smallest absolute Gasteiger partial charge is 0.335 e. The maximum Gasteiger partial charge on any atom is 0.335 e. The number of aromatic nitrogens is 1. The van der Waals surface area contributed by atoms with Gasteiger partial charge in [0.25, 0.3) is 11.8 Å². The molecule has 2 heterocycles. The molecule has 0 atom stereocenters. The first kappa shape index (κ1) is 25.8. The fourth-order valence-electron chi connectivity index (χ4n) is 4.82. The Labute approximate surface area is 226 Å². The maximum atomic E-state index is 13.6. The second-order valence-corrected chi connectivity index (χ2v) is 9.46. The van der Waals surface area contributed by atoms with Gasteiger partial charge in [-0.15, -0.1) is 0 Å². The van der Waals surface area contributed by atoms with Crippen molar-refractivity contribution in [3.8, 4) is 5.75 Å². The molecule has 5 rings (SSSR count). The molecule has 0 bridgehead atoms. The molecule has 2 amide bonds. The summed E-state index contributed by atoms with van der Waals surface area (Å²) >= 11 is 0. The number of carbonyl (C=O) groups is 3. The van der Waals surface area contributed by atoms with Gasteiger partial charge in [0, 0.05) is 24.8 Å². The second-order valence-electron chi connectivity index (χ2n) is 9.46. The van der Waals surface area contributed by atoms with Crippen LogP contribution in [0.4, 0.5) is 11.4 Å². The molecule has 200 valence electrons. The quantitative estimate of drug-likeness (QED) is 0.291. The Bertz CT molecular complexity index is 1480. The zero-order valence-corrected chi connectivity index (χ0v) is 21.6. The molecule has 0 spiro atoms. The molecule has 1 aliphatic heterocycles. The second kappa shape index (κ2) is 11.3. The number of ether oxygens (including phenoxy) is 1. The van der Waals surface area contributed by atoms with E-state index in [4.69, 9.17) is 9.84 Å². The van der Waals surface area contributed by atoms with Crippen LogP contribution < -0.4 is 20.7 Å². The number of hydrogen-bond acceptors (Lipinski definition) is 5. The number of carbonyl (C=O) groups excluding carboxylic acids is 2. The Morgan fingerprint density at radius 2 is 1.87 bits per heavy atom. The maximum absolute atomic E-state index is 13.6. The summed E-state index contributed by atoms with van der Waals surface area (Å²) in [6, 6.07) is 12.2. The summed E-state index contributed by atoms with van der Waals surface area (Å²) in [5, 5.41) is 18.4. The van der Waals surface area contributed by atoms with Gasteiger partial charge in [-0.05, 0) is 60.2 Å². The van der Waals surface area contributed by atoms with Gasteiger partial charge in [0.1, 0.15) is 5.75 Å². The van der Waals surface area contributed by atoms with Gasteiger partial charge in [0.2, 0.25) is 0 Å². The number of fused-ring (bicyclic) bond motifs is 2. The zero-order valence-electron chi connectivity index (χ0n) is 21.6. The molecule has 0 radical (unpaired) electrons. The molecule has 39 heavy (non-hydrogen) atoms. The number of anilines is 2. The lowest BCUT2D eigenvalue weighted by Crippen LogP contribution is -2.27. The van der Waals surface area contributed by atoms with Crippen molar-refractivity contribution in [2.45, 2.75) is 39.3 Å². The number of carboxylic acid groups (broad SMARTS) is 1. The minimum atomic E-state index is -0.952. The summed E-state index contributed by atoms with van der Waals surface area (Å²) in [4.78, 5) is 39.7. The lowest BCUT2D eigenvalue weighted by Gasteiger charge is -2.19. The number of amides is 2. The fraction of sp³-hybridized carbons (Fsp3) is 0.233. The number of allylic oxidation sites excluding steroid dienone is 3. The molecule has 0 fully saturated rings. The summed E-state index contributed by atoms with van der Waals surface area (Å²) in [7, 11) is 0. The Balaban J connectivity index is 1.35. The molecule has 9 heteroatoms. The monoisotopic (exact) mass is 526 g/mol.